The first-order valence-electron chi connectivity index (χ1n) is 6.26. The molecule has 0 bridgehead atoms. The van der Waals surface area contributed by atoms with E-state index in [0.717, 1.165) is 30.4 Å². The van der Waals surface area contributed by atoms with Crippen molar-refractivity contribution in [2.24, 2.45) is 0 Å². The van der Waals surface area contributed by atoms with E-state index < -0.39 is 0 Å². The lowest BCUT2D eigenvalue weighted by atomic mass is 10.1. The summed E-state index contributed by atoms with van der Waals surface area (Å²) in [5.74, 6) is 0. The maximum atomic E-state index is 11.0. The van der Waals surface area contributed by atoms with Crippen LogP contribution in [0.1, 0.15) is 28.7 Å². The minimum Gasteiger partial charge on any atom is -0.296 e. The average molecular weight is 255 g/mol. The Morgan fingerprint density at radius 1 is 1.32 bits per heavy atom. The van der Waals surface area contributed by atoms with E-state index in [1.807, 2.05) is 25.1 Å². The summed E-state index contributed by atoms with van der Waals surface area (Å²) in [7, 11) is 0. The maximum absolute atomic E-state index is 11.0. The van der Waals surface area contributed by atoms with E-state index in [2.05, 4.69) is 29.0 Å². The van der Waals surface area contributed by atoms with E-state index >= 15 is 0 Å². The number of hydrogen-bond acceptors (Lipinski definition) is 3. The molecule has 0 radical (unpaired) electrons. The molecule has 0 unspecified atom stereocenters. The number of aromatic nitrogens is 3. The Hall–Kier alpha value is -2.23. The zero-order valence-electron chi connectivity index (χ0n) is 11.0. The predicted octanol–water partition coefficient (Wildman–Crippen LogP) is 2.45. The fourth-order valence-corrected chi connectivity index (χ4v) is 1.98. The van der Waals surface area contributed by atoms with Gasteiger partial charge in [-0.2, -0.15) is 0 Å². The molecular formula is C15H17N3O. The SMILES string of the molecule is C=C(C)Cn1nnc(C=O)c1CCc1ccccc1. The Labute approximate surface area is 112 Å². The lowest BCUT2D eigenvalue weighted by Gasteiger charge is -2.06. The largest absolute Gasteiger partial charge is 0.296 e. The summed E-state index contributed by atoms with van der Waals surface area (Å²) in [6.07, 6.45) is 2.38. The van der Waals surface area contributed by atoms with E-state index in [1.165, 1.54) is 5.56 Å². The molecular weight excluding hydrogens is 238 g/mol. The van der Waals surface area contributed by atoms with Crippen molar-refractivity contribution < 1.29 is 4.79 Å². The van der Waals surface area contributed by atoms with E-state index in [-0.39, 0.29) is 0 Å². The Morgan fingerprint density at radius 2 is 2.05 bits per heavy atom. The van der Waals surface area contributed by atoms with Gasteiger partial charge in [0.2, 0.25) is 0 Å². The van der Waals surface area contributed by atoms with Gasteiger partial charge in [0, 0.05) is 0 Å². The van der Waals surface area contributed by atoms with Gasteiger partial charge in [-0.15, -0.1) is 5.10 Å². The molecule has 0 atom stereocenters. The highest BCUT2D eigenvalue weighted by molar-refractivity contribution is 5.73. The van der Waals surface area contributed by atoms with Crippen LogP contribution in [-0.2, 0) is 19.4 Å². The van der Waals surface area contributed by atoms with Gasteiger partial charge in [0.25, 0.3) is 0 Å². The number of hydrogen-bond donors (Lipinski definition) is 0. The number of aldehydes is 1. The quantitative estimate of drug-likeness (QED) is 0.588. The minimum atomic E-state index is 0.428. The van der Waals surface area contributed by atoms with Crippen LogP contribution in [0.3, 0.4) is 0 Å². The number of allylic oxidation sites excluding steroid dienone is 1. The van der Waals surface area contributed by atoms with Crippen LogP contribution in [0.5, 0.6) is 0 Å². The van der Waals surface area contributed by atoms with Gasteiger partial charge in [0.05, 0.1) is 12.2 Å². The van der Waals surface area contributed by atoms with E-state index in [9.17, 15) is 4.79 Å². The molecule has 2 aromatic rings. The molecule has 0 aliphatic carbocycles. The molecule has 1 aromatic heterocycles. The van der Waals surface area contributed by atoms with Crippen molar-refractivity contribution in [1.82, 2.24) is 15.0 Å². The summed E-state index contributed by atoms with van der Waals surface area (Å²) in [4.78, 5) is 11.0. The Morgan fingerprint density at radius 3 is 2.68 bits per heavy atom. The number of aryl methyl sites for hydroxylation is 1. The van der Waals surface area contributed by atoms with Gasteiger partial charge in [-0.25, -0.2) is 4.68 Å². The van der Waals surface area contributed by atoms with Gasteiger partial charge < -0.3 is 0 Å². The normalized spacial score (nSPS) is 10.4. The smallest absolute Gasteiger partial charge is 0.172 e. The molecule has 0 aliphatic heterocycles. The summed E-state index contributed by atoms with van der Waals surface area (Å²) in [6.45, 7) is 6.40. The molecule has 0 spiro atoms. The molecule has 1 aromatic carbocycles. The van der Waals surface area contributed by atoms with Crippen LogP contribution in [0, 0.1) is 0 Å². The first-order chi connectivity index (χ1) is 9.20. The second-order valence-electron chi connectivity index (χ2n) is 4.64. The van der Waals surface area contributed by atoms with Gasteiger partial charge in [-0.05, 0) is 25.3 Å². The molecule has 4 nitrogen and oxygen atoms in total. The second kappa shape index (κ2) is 6.09. The molecule has 2 rings (SSSR count). The molecule has 1 heterocycles. The highest BCUT2D eigenvalue weighted by Crippen LogP contribution is 2.10. The number of rotatable bonds is 6. The van der Waals surface area contributed by atoms with Crippen LogP contribution >= 0.6 is 0 Å². The molecule has 0 fully saturated rings. The maximum Gasteiger partial charge on any atom is 0.172 e. The number of benzene rings is 1. The zero-order valence-corrected chi connectivity index (χ0v) is 11.0. The van der Waals surface area contributed by atoms with Crippen molar-refractivity contribution in [2.75, 3.05) is 0 Å². The number of carbonyl (C=O) groups is 1. The van der Waals surface area contributed by atoms with Crippen LogP contribution < -0.4 is 0 Å². The summed E-state index contributed by atoms with van der Waals surface area (Å²) in [5, 5.41) is 7.92. The first kappa shape index (κ1) is 13.2. The highest BCUT2D eigenvalue weighted by atomic mass is 16.1. The standard InChI is InChI=1S/C15H17N3O/c1-12(2)10-18-15(14(11-19)16-17-18)9-8-13-6-4-3-5-7-13/h3-7,11H,1,8-10H2,2H3. The van der Waals surface area contributed by atoms with Crippen molar-refractivity contribution in [2.45, 2.75) is 26.3 Å². The molecule has 19 heavy (non-hydrogen) atoms. The number of carbonyl (C=O) groups excluding carboxylic acids is 1. The van der Waals surface area contributed by atoms with Crippen molar-refractivity contribution in [3.05, 3.63) is 59.4 Å². The third-order valence-corrected chi connectivity index (χ3v) is 2.89. The van der Waals surface area contributed by atoms with Crippen molar-refractivity contribution in [3.63, 3.8) is 0 Å². The van der Waals surface area contributed by atoms with E-state index in [1.54, 1.807) is 4.68 Å². The topological polar surface area (TPSA) is 47.8 Å². The zero-order chi connectivity index (χ0) is 13.7. The lowest BCUT2D eigenvalue weighted by Crippen LogP contribution is -2.08. The molecule has 4 heteroatoms. The van der Waals surface area contributed by atoms with Crippen LogP contribution in [-0.4, -0.2) is 21.3 Å². The molecule has 0 aliphatic rings. The lowest BCUT2D eigenvalue weighted by molar-refractivity contribution is 0.111. The molecule has 98 valence electrons. The fourth-order valence-electron chi connectivity index (χ4n) is 1.98. The van der Waals surface area contributed by atoms with E-state index in [4.69, 9.17) is 0 Å². The molecule has 0 saturated carbocycles. The molecule has 0 N–H and O–H groups in total. The van der Waals surface area contributed by atoms with Gasteiger partial charge in [0.1, 0.15) is 5.69 Å². The predicted molar refractivity (Wildman–Crippen MR) is 74.1 cm³/mol. The van der Waals surface area contributed by atoms with Crippen LogP contribution in [0.4, 0.5) is 0 Å². The van der Waals surface area contributed by atoms with E-state index in [0.29, 0.717) is 12.2 Å². The summed E-state index contributed by atoms with van der Waals surface area (Å²) >= 11 is 0. The van der Waals surface area contributed by atoms with Gasteiger partial charge in [0.15, 0.2) is 6.29 Å². The van der Waals surface area contributed by atoms with Crippen molar-refractivity contribution in [3.8, 4) is 0 Å². The second-order valence-corrected chi connectivity index (χ2v) is 4.64. The van der Waals surface area contributed by atoms with Crippen molar-refractivity contribution >= 4 is 6.29 Å². The third kappa shape index (κ3) is 3.37. The third-order valence-electron chi connectivity index (χ3n) is 2.89. The number of nitrogens with zero attached hydrogens (tertiary/aromatic N) is 3. The Balaban J connectivity index is 2.15. The minimum absolute atomic E-state index is 0.428. The molecule has 0 saturated heterocycles. The summed E-state index contributed by atoms with van der Waals surface area (Å²) < 4.78 is 1.76. The average Bonchev–Trinajstić information content (AvgIpc) is 2.79. The Kier molecular flexibility index (Phi) is 4.23. The monoisotopic (exact) mass is 255 g/mol. The first-order valence-corrected chi connectivity index (χ1v) is 6.26. The van der Waals surface area contributed by atoms with Crippen LogP contribution in [0.2, 0.25) is 0 Å². The Bertz CT molecular complexity index is 572. The van der Waals surface area contributed by atoms with Gasteiger partial charge in [-0.3, -0.25) is 4.79 Å². The fraction of sp³-hybridized carbons (Fsp3) is 0.267. The highest BCUT2D eigenvalue weighted by Gasteiger charge is 2.12. The summed E-state index contributed by atoms with van der Waals surface area (Å²) in [6, 6.07) is 10.2. The summed E-state index contributed by atoms with van der Waals surface area (Å²) in [5.41, 5.74) is 3.53. The van der Waals surface area contributed by atoms with Gasteiger partial charge in [-0.1, -0.05) is 47.7 Å². The van der Waals surface area contributed by atoms with Crippen LogP contribution in [0.15, 0.2) is 42.5 Å². The van der Waals surface area contributed by atoms with Crippen molar-refractivity contribution in [1.29, 1.82) is 0 Å². The van der Waals surface area contributed by atoms with Crippen LogP contribution in [0.25, 0.3) is 0 Å². The van der Waals surface area contributed by atoms with Gasteiger partial charge >= 0.3 is 0 Å². The molecule has 0 amide bonds.